The summed E-state index contributed by atoms with van der Waals surface area (Å²) in [4.78, 5) is 12.2. The number of ketones is 1. The van der Waals surface area contributed by atoms with E-state index in [1.165, 1.54) is 0 Å². The van der Waals surface area contributed by atoms with Gasteiger partial charge in [0, 0.05) is 13.0 Å². The number of benzene rings is 1. The molecule has 0 bridgehead atoms. The normalized spacial score (nSPS) is 13.2. The lowest BCUT2D eigenvalue weighted by Gasteiger charge is -2.30. The van der Waals surface area contributed by atoms with Crippen LogP contribution in [0.3, 0.4) is 0 Å². The van der Waals surface area contributed by atoms with Gasteiger partial charge in [0.2, 0.25) is 0 Å². The molecule has 0 aliphatic heterocycles. The van der Waals surface area contributed by atoms with Gasteiger partial charge in [-0.1, -0.05) is 58.0 Å². The summed E-state index contributed by atoms with van der Waals surface area (Å²) in [6, 6.07) is 13.4. The summed E-state index contributed by atoms with van der Waals surface area (Å²) >= 11 is 0. The molecule has 20 heavy (non-hydrogen) atoms. The molecule has 0 amide bonds. The minimum Gasteiger partial charge on any atom is -0.416 e. The Morgan fingerprint density at radius 1 is 1.05 bits per heavy atom. The van der Waals surface area contributed by atoms with Crippen LogP contribution in [-0.4, -0.2) is 20.7 Å². The fourth-order valence-electron chi connectivity index (χ4n) is 2.62. The first-order valence-electron chi connectivity index (χ1n) is 7.84. The van der Waals surface area contributed by atoms with Crippen molar-refractivity contribution in [3.8, 4) is 0 Å². The average Bonchev–Trinajstić information content (AvgIpc) is 2.52. The van der Waals surface area contributed by atoms with E-state index in [4.69, 9.17) is 4.43 Å². The molecular formula is C17H28O2Si. The molecule has 0 fully saturated rings. The molecule has 112 valence electrons. The standard InChI is InChI=1S/C17H28O2Si/c1-5-17(18)16(15-12-10-9-11-13-15)14-19-20(6-2,7-3)8-4/h9-13,16H,5-8,14H2,1-4H3. The van der Waals surface area contributed by atoms with Crippen LogP contribution in [0, 0.1) is 0 Å². The monoisotopic (exact) mass is 292 g/mol. The molecule has 0 N–H and O–H groups in total. The average molecular weight is 292 g/mol. The summed E-state index contributed by atoms with van der Waals surface area (Å²) in [5, 5.41) is 0. The second-order valence-corrected chi connectivity index (χ2v) is 10.1. The molecule has 1 atom stereocenters. The van der Waals surface area contributed by atoms with Crippen molar-refractivity contribution in [3.05, 3.63) is 35.9 Å². The van der Waals surface area contributed by atoms with Crippen LogP contribution in [0.25, 0.3) is 0 Å². The molecule has 0 aromatic heterocycles. The van der Waals surface area contributed by atoms with E-state index in [1.54, 1.807) is 0 Å². The highest BCUT2D eigenvalue weighted by molar-refractivity contribution is 6.73. The Bertz CT molecular complexity index is 390. The van der Waals surface area contributed by atoms with Gasteiger partial charge in [-0.15, -0.1) is 0 Å². The number of hydrogen-bond acceptors (Lipinski definition) is 2. The van der Waals surface area contributed by atoms with E-state index in [1.807, 2.05) is 37.3 Å². The van der Waals surface area contributed by atoms with E-state index >= 15 is 0 Å². The van der Waals surface area contributed by atoms with Crippen LogP contribution in [0.15, 0.2) is 30.3 Å². The Kier molecular flexibility index (Phi) is 7.17. The molecule has 0 heterocycles. The highest BCUT2D eigenvalue weighted by Gasteiger charge is 2.31. The molecule has 0 aliphatic carbocycles. The highest BCUT2D eigenvalue weighted by Crippen LogP contribution is 2.26. The van der Waals surface area contributed by atoms with Crippen molar-refractivity contribution in [1.82, 2.24) is 0 Å². The molecule has 0 aliphatic rings. The minimum atomic E-state index is -1.62. The van der Waals surface area contributed by atoms with Crippen LogP contribution in [-0.2, 0) is 9.22 Å². The van der Waals surface area contributed by atoms with Gasteiger partial charge in [-0.3, -0.25) is 4.79 Å². The maximum Gasteiger partial charge on any atom is 0.192 e. The van der Waals surface area contributed by atoms with Crippen LogP contribution in [0.4, 0.5) is 0 Å². The second-order valence-electron chi connectivity index (χ2n) is 5.34. The molecular weight excluding hydrogens is 264 g/mol. The molecule has 1 unspecified atom stereocenters. The van der Waals surface area contributed by atoms with E-state index in [-0.39, 0.29) is 11.7 Å². The lowest BCUT2D eigenvalue weighted by atomic mass is 9.94. The predicted octanol–water partition coefficient (Wildman–Crippen LogP) is 4.77. The molecule has 0 radical (unpaired) electrons. The molecule has 0 saturated heterocycles. The molecule has 0 spiro atoms. The molecule has 1 aromatic rings. The van der Waals surface area contributed by atoms with Gasteiger partial charge >= 0.3 is 0 Å². The Hall–Kier alpha value is -0.933. The van der Waals surface area contributed by atoms with Crippen molar-refractivity contribution >= 4 is 14.1 Å². The van der Waals surface area contributed by atoms with Gasteiger partial charge in [0.25, 0.3) is 0 Å². The molecule has 2 nitrogen and oxygen atoms in total. The van der Waals surface area contributed by atoms with Crippen LogP contribution < -0.4 is 0 Å². The minimum absolute atomic E-state index is 0.0993. The summed E-state index contributed by atoms with van der Waals surface area (Å²) < 4.78 is 6.33. The summed E-state index contributed by atoms with van der Waals surface area (Å²) in [5.41, 5.74) is 1.09. The predicted molar refractivity (Wildman–Crippen MR) is 87.6 cm³/mol. The molecule has 3 heteroatoms. The second kappa shape index (κ2) is 8.38. The fraction of sp³-hybridized carbons (Fsp3) is 0.588. The van der Waals surface area contributed by atoms with E-state index in [0.717, 1.165) is 23.7 Å². The summed E-state index contributed by atoms with van der Waals surface area (Å²) in [5.74, 6) is 0.181. The highest BCUT2D eigenvalue weighted by atomic mass is 28.4. The lowest BCUT2D eigenvalue weighted by molar-refractivity contribution is -0.120. The van der Waals surface area contributed by atoms with E-state index in [2.05, 4.69) is 20.8 Å². The SMILES string of the molecule is CCC(=O)C(CO[Si](CC)(CC)CC)c1ccccc1. The largest absolute Gasteiger partial charge is 0.416 e. The third-order valence-corrected chi connectivity index (χ3v) is 9.07. The third-order valence-electron chi connectivity index (χ3n) is 4.43. The van der Waals surface area contributed by atoms with Crippen molar-refractivity contribution in [1.29, 1.82) is 0 Å². The van der Waals surface area contributed by atoms with Gasteiger partial charge < -0.3 is 4.43 Å². The quantitative estimate of drug-likeness (QED) is 0.613. The van der Waals surface area contributed by atoms with Crippen LogP contribution in [0.1, 0.15) is 45.6 Å². The third kappa shape index (κ3) is 4.28. The zero-order valence-corrected chi connectivity index (χ0v) is 14.3. The number of hydrogen-bond donors (Lipinski definition) is 0. The van der Waals surface area contributed by atoms with Crippen molar-refractivity contribution in [2.45, 2.75) is 58.2 Å². The van der Waals surface area contributed by atoms with Gasteiger partial charge in [0.1, 0.15) is 5.78 Å². The van der Waals surface area contributed by atoms with E-state index in [9.17, 15) is 4.79 Å². The van der Waals surface area contributed by atoms with Gasteiger partial charge in [-0.2, -0.15) is 0 Å². The molecule has 1 rings (SSSR count). The Balaban J connectivity index is 2.84. The van der Waals surface area contributed by atoms with Gasteiger partial charge in [-0.25, -0.2) is 0 Å². The number of rotatable bonds is 9. The first-order chi connectivity index (χ1) is 9.62. The van der Waals surface area contributed by atoms with Crippen molar-refractivity contribution in [2.75, 3.05) is 6.61 Å². The lowest BCUT2D eigenvalue weighted by Crippen LogP contribution is -2.38. The van der Waals surface area contributed by atoms with Crippen LogP contribution in [0.2, 0.25) is 18.1 Å². The summed E-state index contributed by atoms with van der Waals surface area (Å²) in [6.45, 7) is 9.15. The maximum absolute atomic E-state index is 12.2. The van der Waals surface area contributed by atoms with E-state index in [0.29, 0.717) is 13.0 Å². The summed E-state index contributed by atoms with van der Waals surface area (Å²) in [6.07, 6.45) is 0.571. The number of carbonyl (C=O) groups excluding carboxylic acids is 1. The first-order valence-corrected chi connectivity index (χ1v) is 10.4. The van der Waals surface area contributed by atoms with E-state index < -0.39 is 8.32 Å². The van der Waals surface area contributed by atoms with Gasteiger partial charge in [0.05, 0.1) is 5.92 Å². The fourth-order valence-corrected chi connectivity index (χ4v) is 5.26. The Morgan fingerprint density at radius 2 is 1.60 bits per heavy atom. The Labute approximate surface area is 124 Å². The van der Waals surface area contributed by atoms with Crippen LogP contribution >= 0.6 is 0 Å². The first kappa shape index (κ1) is 17.1. The van der Waals surface area contributed by atoms with Crippen molar-refractivity contribution < 1.29 is 9.22 Å². The summed E-state index contributed by atoms with van der Waals surface area (Å²) in [7, 11) is -1.62. The van der Waals surface area contributed by atoms with Crippen molar-refractivity contribution in [2.24, 2.45) is 0 Å². The smallest absolute Gasteiger partial charge is 0.192 e. The Morgan fingerprint density at radius 3 is 2.05 bits per heavy atom. The van der Waals surface area contributed by atoms with Crippen molar-refractivity contribution in [3.63, 3.8) is 0 Å². The maximum atomic E-state index is 12.2. The number of carbonyl (C=O) groups is 1. The number of Topliss-reactive ketones (excluding diaryl/α,β-unsaturated/α-hetero) is 1. The topological polar surface area (TPSA) is 26.3 Å². The van der Waals surface area contributed by atoms with Crippen LogP contribution in [0.5, 0.6) is 0 Å². The van der Waals surface area contributed by atoms with Gasteiger partial charge in [-0.05, 0) is 23.7 Å². The molecule has 1 aromatic carbocycles. The zero-order valence-electron chi connectivity index (χ0n) is 13.3. The van der Waals surface area contributed by atoms with Gasteiger partial charge in [0.15, 0.2) is 8.32 Å². The zero-order chi connectivity index (χ0) is 15.0. The molecule has 0 saturated carbocycles.